The highest BCUT2D eigenvalue weighted by molar-refractivity contribution is 7.89. The number of nitrogens with one attached hydrogen (secondary N) is 2. The molecule has 0 atom stereocenters. The molecule has 0 fully saturated rings. The Kier molecular flexibility index (Phi) is 5.50. The third kappa shape index (κ3) is 3.69. The highest BCUT2D eigenvalue weighted by Gasteiger charge is 2.14. The summed E-state index contributed by atoms with van der Waals surface area (Å²) in [6.07, 6.45) is 0.209. The molecule has 2 N–H and O–H groups in total. The lowest BCUT2D eigenvalue weighted by Crippen LogP contribution is -2.41. The van der Waals surface area contributed by atoms with Crippen molar-refractivity contribution in [2.45, 2.75) is 18.2 Å². The van der Waals surface area contributed by atoms with E-state index in [0.717, 1.165) is 10.8 Å². The minimum Gasteiger partial charge on any atom is -0.278 e. The van der Waals surface area contributed by atoms with Gasteiger partial charge in [-0.15, -0.1) is 17.2 Å². The fraction of sp³-hybridized carbons (Fsp3) is 0.154. The molecule has 0 radical (unpaired) electrons. The Balaban J connectivity index is 0.00000200. The smallest absolute Gasteiger partial charge is 0.257 e. The molecular weight excluding hydrogens is 300 g/mol. The third-order valence-electron chi connectivity index (χ3n) is 2.68. The zero-order chi connectivity index (χ0) is 13.9. The van der Waals surface area contributed by atoms with Crippen molar-refractivity contribution in [3.63, 3.8) is 0 Å². The summed E-state index contributed by atoms with van der Waals surface area (Å²) in [5.74, 6) is -0.385. The van der Waals surface area contributed by atoms with Crippen LogP contribution in [0, 0.1) is 0 Å². The maximum atomic E-state index is 12.0. The van der Waals surface area contributed by atoms with E-state index in [1.54, 1.807) is 19.1 Å². The Morgan fingerprint density at radius 1 is 1.10 bits per heavy atom. The van der Waals surface area contributed by atoms with E-state index in [1.807, 2.05) is 24.3 Å². The summed E-state index contributed by atoms with van der Waals surface area (Å²) in [5.41, 5.74) is 2.14. The van der Waals surface area contributed by atoms with Gasteiger partial charge in [0.25, 0.3) is 10.0 Å². The molecule has 2 rings (SSSR count). The van der Waals surface area contributed by atoms with Crippen molar-refractivity contribution in [1.82, 2.24) is 10.3 Å². The van der Waals surface area contributed by atoms with Gasteiger partial charge in [0.05, 0.1) is 4.90 Å². The quantitative estimate of drug-likeness (QED) is 0.847. The van der Waals surface area contributed by atoms with Crippen molar-refractivity contribution in [3.8, 4) is 0 Å². The number of hydrazine groups is 1. The van der Waals surface area contributed by atoms with Crippen molar-refractivity contribution >= 4 is 39.1 Å². The monoisotopic (exact) mass is 314 g/mol. The van der Waals surface area contributed by atoms with Gasteiger partial charge in [-0.25, -0.2) is 8.42 Å². The summed E-state index contributed by atoms with van der Waals surface area (Å²) >= 11 is 0. The standard InChI is InChI=1S/C13H14N2O3S.ClH/c1-2-13(16)14-15-19(17,18)12-8-7-10-5-3-4-6-11(10)9-12;/h3-9,15H,2H2,1H3,(H,14,16);1H. The fourth-order valence-corrected chi connectivity index (χ4v) is 2.50. The molecule has 20 heavy (non-hydrogen) atoms. The Hall–Kier alpha value is -1.63. The number of fused-ring (bicyclic) bond motifs is 1. The number of benzene rings is 2. The first kappa shape index (κ1) is 16.4. The average molecular weight is 315 g/mol. The van der Waals surface area contributed by atoms with E-state index in [9.17, 15) is 13.2 Å². The van der Waals surface area contributed by atoms with E-state index in [4.69, 9.17) is 0 Å². The maximum Gasteiger partial charge on any atom is 0.257 e. The second-order valence-electron chi connectivity index (χ2n) is 4.02. The number of halogens is 1. The molecule has 0 aliphatic carbocycles. The molecular formula is C13H15ClN2O3S. The Labute approximate surface area is 123 Å². The van der Waals surface area contributed by atoms with Crippen LogP contribution in [0.1, 0.15) is 13.3 Å². The summed E-state index contributed by atoms with van der Waals surface area (Å²) in [6, 6.07) is 12.3. The topological polar surface area (TPSA) is 75.3 Å². The first-order chi connectivity index (χ1) is 9.03. The van der Waals surface area contributed by atoms with Crippen LogP contribution < -0.4 is 10.3 Å². The van der Waals surface area contributed by atoms with Gasteiger partial charge in [0.2, 0.25) is 5.91 Å². The SMILES string of the molecule is CCC(=O)NNS(=O)(=O)c1ccc2ccccc2c1.Cl. The number of hydrogen-bond donors (Lipinski definition) is 2. The zero-order valence-electron chi connectivity index (χ0n) is 10.8. The van der Waals surface area contributed by atoms with Crippen molar-refractivity contribution in [1.29, 1.82) is 0 Å². The number of rotatable bonds is 4. The molecule has 108 valence electrons. The highest BCUT2D eigenvalue weighted by atomic mass is 35.5. The van der Waals surface area contributed by atoms with Crippen LogP contribution in [0.25, 0.3) is 10.8 Å². The van der Waals surface area contributed by atoms with E-state index in [0.29, 0.717) is 0 Å². The van der Waals surface area contributed by atoms with Crippen LogP contribution in [0.15, 0.2) is 47.4 Å². The Morgan fingerprint density at radius 3 is 2.40 bits per heavy atom. The molecule has 2 aromatic rings. The predicted molar refractivity (Wildman–Crippen MR) is 80.0 cm³/mol. The number of carbonyl (C=O) groups excluding carboxylic acids is 1. The lowest BCUT2D eigenvalue weighted by molar-refractivity contribution is -0.121. The Morgan fingerprint density at radius 2 is 1.75 bits per heavy atom. The molecule has 2 aromatic carbocycles. The number of carbonyl (C=O) groups is 1. The molecule has 0 spiro atoms. The third-order valence-corrected chi connectivity index (χ3v) is 3.92. The minimum absolute atomic E-state index is 0. The van der Waals surface area contributed by atoms with Crippen molar-refractivity contribution in [2.24, 2.45) is 0 Å². The molecule has 0 aliphatic rings. The van der Waals surface area contributed by atoms with Gasteiger partial charge in [0.15, 0.2) is 0 Å². The van der Waals surface area contributed by atoms with Gasteiger partial charge >= 0.3 is 0 Å². The summed E-state index contributed by atoms with van der Waals surface area (Å²) < 4.78 is 23.9. The average Bonchev–Trinajstić information content (AvgIpc) is 2.44. The summed E-state index contributed by atoms with van der Waals surface area (Å²) in [5, 5.41) is 1.78. The van der Waals surface area contributed by atoms with E-state index in [-0.39, 0.29) is 29.6 Å². The lowest BCUT2D eigenvalue weighted by atomic mass is 10.1. The van der Waals surface area contributed by atoms with E-state index < -0.39 is 10.0 Å². The van der Waals surface area contributed by atoms with Gasteiger partial charge in [-0.1, -0.05) is 37.3 Å². The normalized spacial score (nSPS) is 10.8. The van der Waals surface area contributed by atoms with E-state index in [1.165, 1.54) is 6.07 Å². The molecule has 0 heterocycles. The second kappa shape index (κ2) is 6.69. The minimum atomic E-state index is -3.74. The summed E-state index contributed by atoms with van der Waals surface area (Å²) in [7, 11) is -3.74. The molecule has 0 saturated carbocycles. The van der Waals surface area contributed by atoms with Crippen LogP contribution in [-0.2, 0) is 14.8 Å². The molecule has 0 aliphatic heterocycles. The number of sulfonamides is 1. The van der Waals surface area contributed by atoms with E-state index in [2.05, 4.69) is 10.3 Å². The van der Waals surface area contributed by atoms with Gasteiger partial charge in [-0.2, -0.15) is 0 Å². The summed E-state index contributed by atoms with van der Waals surface area (Å²) in [4.78, 5) is 13.2. The molecule has 0 aromatic heterocycles. The van der Waals surface area contributed by atoms with E-state index >= 15 is 0 Å². The summed E-state index contributed by atoms with van der Waals surface area (Å²) in [6.45, 7) is 1.64. The molecule has 7 heteroatoms. The highest BCUT2D eigenvalue weighted by Crippen LogP contribution is 2.18. The van der Waals surface area contributed by atoms with Crippen LogP contribution in [-0.4, -0.2) is 14.3 Å². The molecule has 0 unspecified atom stereocenters. The fourth-order valence-electron chi connectivity index (χ4n) is 1.61. The first-order valence-corrected chi connectivity index (χ1v) is 7.30. The van der Waals surface area contributed by atoms with Crippen LogP contribution >= 0.6 is 12.4 Å². The van der Waals surface area contributed by atoms with Gasteiger partial charge in [0.1, 0.15) is 0 Å². The van der Waals surface area contributed by atoms with Crippen molar-refractivity contribution < 1.29 is 13.2 Å². The Bertz CT molecular complexity index is 716. The molecule has 0 saturated heterocycles. The van der Waals surface area contributed by atoms with Crippen LogP contribution in [0.5, 0.6) is 0 Å². The van der Waals surface area contributed by atoms with Gasteiger partial charge in [0, 0.05) is 6.42 Å². The van der Waals surface area contributed by atoms with Gasteiger partial charge in [-0.3, -0.25) is 10.2 Å². The first-order valence-electron chi connectivity index (χ1n) is 5.82. The van der Waals surface area contributed by atoms with Gasteiger partial charge < -0.3 is 0 Å². The number of amides is 1. The van der Waals surface area contributed by atoms with Gasteiger partial charge in [-0.05, 0) is 22.9 Å². The predicted octanol–water partition coefficient (Wildman–Crippen LogP) is 1.98. The molecule has 1 amide bonds. The van der Waals surface area contributed by atoms with Crippen molar-refractivity contribution in [2.75, 3.05) is 0 Å². The second-order valence-corrected chi connectivity index (χ2v) is 5.70. The number of hydrogen-bond acceptors (Lipinski definition) is 3. The van der Waals surface area contributed by atoms with Crippen molar-refractivity contribution in [3.05, 3.63) is 42.5 Å². The molecule has 5 nitrogen and oxygen atoms in total. The van der Waals surface area contributed by atoms with Crippen LogP contribution in [0.3, 0.4) is 0 Å². The molecule has 0 bridgehead atoms. The van der Waals surface area contributed by atoms with Crippen LogP contribution in [0.4, 0.5) is 0 Å². The van der Waals surface area contributed by atoms with Crippen LogP contribution in [0.2, 0.25) is 0 Å². The lowest BCUT2D eigenvalue weighted by Gasteiger charge is -2.08. The maximum absolute atomic E-state index is 12.0. The largest absolute Gasteiger partial charge is 0.278 e. The zero-order valence-corrected chi connectivity index (χ0v) is 12.4.